The van der Waals surface area contributed by atoms with Crippen LogP contribution in [0.3, 0.4) is 0 Å². The van der Waals surface area contributed by atoms with Gasteiger partial charge in [-0.05, 0) is 62.8 Å². The molecule has 70 heavy (non-hydrogen) atoms. The summed E-state index contributed by atoms with van der Waals surface area (Å²) < 4.78 is 3.34. The Bertz CT molecular complexity index is 2570. The first-order valence-electron chi connectivity index (χ1n) is 23.5. The Kier molecular flexibility index (Phi) is 14.5. The van der Waals surface area contributed by atoms with E-state index in [1.807, 2.05) is 13.8 Å². The van der Waals surface area contributed by atoms with Gasteiger partial charge in [-0.3, -0.25) is 9.59 Å². The minimum absolute atomic E-state index is 0.0462. The number of amides is 2. The van der Waals surface area contributed by atoms with E-state index in [2.05, 4.69) is 72.7 Å². The lowest BCUT2D eigenvalue weighted by molar-refractivity contribution is -0.126. The molecule has 12 N–H and O–H groups in total. The standard InChI is InChI=1S/C40H58N22O8/c1-3-61-55-25(53-57-61)9-11-41-39-49-35(29-37(51-39)59(17-43-29)23-13-21(31(67)33(23)69)47-27(65)15-63)45-19-5-7-20(8-6-19)46-36-30-38(52-40(50-36)42-12-10-26-54-58-62(4-2)56-26)60(18-44-30)24-14-22(32(68)34(24)70)48-28(66)16-64/h17-24,31-34,63-64,67-70H,3-16H2,1-2H3,(H,47,65)(H,48,66)(H2,41,45,49,51)(H2,42,46,50,52)/t19-,20-,21-,22-,23+,24+,31+,32+,33-,34-/m0/s1. The summed E-state index contributed by atoms with van der Waals surface area (Å²) in [6.45, 7) is 4.24. The number of aliphatic hydroxyl groups is 6. The van der Waals surface area contributed by atoms with Crippen LogP contribution in [0.1, 0.15) is 76.1 Å². The Balaban J connectivity index is 0.926. The van der Waals surface area contributed by atoms with Crippen LogP contribution in [0.15, 0.2) is 12.7 Å². The van der Waals surface area contributed by atoms with E-state index in [-0.39, 0.29) is 36.8 Å². The lowest BCUT2D eigenvalue weighted by Gasteiger charge is -2.30. The van der Waals surface area contributed by atoms with Crippen molar-refractivity contribution in [2.24, 2.45) is 0 Å². The van der Waals surface area contributed by atoms with E-state index < -0.39 is 73.6 Å². The SMILES string of the molecule is CCn1nnc(CCNc2nc(N[C@H]3CC[C@H](Nc4nc(NCCc5nnn(CC)n5)nc5c4ncn5[C@@H]4C[C@H](NC(=O)CO)[C@@H](O)[C@H]4O)CC3)c3ncn([C@@H]4C[C@H](NC(=O)CO)[C@@H](O)[C@H]4O)c3n2)n1. The van der Waals surface area contributed by atoms with E-state index in [4.69, 9.17) is 19.9 Å². The summed E-state index contributed by atoms with van der Waals surface area (Å²) in [6.07, 6.45) is 1.92. The molecular formula is C40H58N22O8. The van der Waals surface area contributed by atoms with Crippen LogP contribution < -0.4 is 31.9 Å². The van der Waals surface area contributed by atoms with Gasteiger partial charge in [0.25, 0.3) is 0 Å². The van der Waals surface area contributed by atoms with Crippen LogP contribution in [-0.2, 0) is 35.5 Å². The number of carbonyl (C=O) groups excluding carboxylic acids is 2. The van der Waals surface area contributed by atoms with Gasteiger partial charge in [-0.1, -0.05) is 0 Å². The molecule has 30 nitrogen and oxygen atoms in total. The van der Waals surface area contributed by atoms with Gasteiger partial charge in [-0.2, -0.15) is 29.5 Å². The third kappa shape index (κ3) is 10.2. The Labute approximate surface area is 398 Å². The van der Waals surface area contributed by atoms with Crippen molar-refractivity contribution in [1.82, 2.24) is 90.1 Å². The van der Waals surface area contributed by atoms with E-state index >= 15 is 0 Å². The fourth-order valence-electron chi connectivity index (χ4n) is 9.40. The molecule has 3 aliphatic carbocycles. The second kappa shape index (κ2) is 21.0. The molecule has 376 valence electrons. The molecule has 3 saturated carbocycles. The van der Waals surface area contributed by atoms with Crippen molar-refractivity contribution in [2.45, 2.75) is 139 Å². The lowest BCUT2D eigenvalue weighted by atomic mass is 9.91. The van der Waals surface area contributed by atoms with Crippen molar-refractivity contribution >= 4 is 57.7 Å². The molecule has 0 unspecified atom stereocenters. The van der Waals surface area contributed by atoms with Gasteiger partial charge in [0.05, 0.1) is 49.9 Å². The van der Waals surface area contributed by atoms with Crippen LogP contribution in [0.2, 0.25) is 0 Å². The normalized spacial score (nSPS) is 25.7. The average Bonchev–Trinajstić information content (AvgIpc) is 4.25. The molecule has 9 rings (SSSR count). The highest BCUT2D eigenvalue weighted by atomic mass is 16.3. The van der Waals surface area contributed by atoms with E-state index in [0.29, 0.717) is 110 Å². The van der Waals surface area contributed by atoms with Crippen molar-refractivity contribution in [1.29, 1.82) is 0 Å². The Morgan fingerprint density at radius 3 is 1.40 bits per heavy atom. The highest BCUT2D eigenvalue weighted by molar-refractivity contribution is 5.86. The van der Waals surface area contributed by atoms with Gasteiger partial charge in [-0.25, -0.2) is 9.97 Å². The molecule has 8 atom stereocenters. The highest BCUT2D eigenvalue weighted by Gasteiger charge is 2.45. The largest absolute Gasteiger partial charge is 0.388 e. The molecular weight excluding hydrogens is 917 g/mol. The van der Waals surface area contributed by atoms with Gasteiger partial charge in [-0.15, -0.1) is 20.4 Å². The number of fused-ring (bicyclic) bond motifs is 2. The molecule has 0 radical (unpaired) electrons. The van der Waals surface area contributed by atoms with Crippen molar-refractivity contribution in [2.75, 3.05) is 47.6 Å². The Morgan fingerprint density at radius 1 is 0.614 bits per heavy atom. The maximum Gasteiger partial charge on any atom is 0.246 e. The molecule has 2 amide bonds. The number of hydrogen-bond acceptors (Lipinski definition) is 24. The van der Waals surface area contributed by atoms with Crippen LogP contribution in [0.5, 0.6) is 0 Å². The first-order chi connectivity index (χ1) is 33.9. The predicted molar refractivity (Wildman–Crippen MR) is 245 cm³/mol. The number of carbonyl (C=O) groups is 2. The zero-order valence-electron chi connectivity index (χ0n) is 38.5. The smallest absolute Gasteiger partial charge is 0.246 e. The number of aliphatic hydroxyl groups excluding tert-OH is 6. The summed E-state index contributed by atoms with van der Waals surface area (Å²) in [7, 11) is 0. The van der Waals surface area contributed by atoms with Gasteiger partial charge in [0.1, 0.15) is 37.6 Å². The summed E-state index contributed by atoms with van der Waals surface area (Å²) >= 11 is 0. The minimum atomic E-state index is -1.30. The lowest BCUT2D eigenvalue weighted by Crippen LogP contribution is -2.44. The number of nitrogens with one attached hydrogen (secondary N) is 6. The first-order valence-corrected chi connectivity index (χ1v) is 23.5. The zero-order valence-corrected chi connectivity index (χ0v) is 38.5. The number of hydrogen-bond donors (Lipinski definition) is 12. The monoisotopic (exact) mass is 974 g/mol. The van der Waals surface area contributed by atoms with Crippen LogP contribution in [-0.4, -0.2) is 197 Å². The topological polar surface area (TPSA) is 402 Å². The minimum Gasteiger partial charge on any atom is -0.388 e. The molecule has 3 fully saturated rings. The molecule has 6 aromatic heterocycles. The summed E-state index contributed by atoms with van der Waals surface area (Å²) in [6, 6.07) is -3.14. The molecule has 30 heteroatoms. The first kappa shape index (κ1) is 48.2. The molecule has 0 aliphatic heterocycles. The maximum absolute atomic E-state index is 12.0. The van der Waals surface area contributed by atoms with E-state index in [1.165, 1.54) is 22.2 Å². The molecule has 6 heterocycles. The van der Waals surface area contributed by atoms with E-state index in [0.717, 1.165) is 0 Å². The maximum atomic E-state index is 12.0. The molecule has 0 saturated heterocycles. The highest BCUT2D eigenvalue weighted by Crippen LogP contribution is 2.37. The molecule has 0 aromatic carbocycles. The van der Waals surface area contributed by atoms with Gasteiger partial charge >= 0.3 is 0 Å². The summed E-state index contributed by atoms with van der Waals surface area (Å²) in [5.74, 6) is 1.22. The van der Waals surface area contributed by atoms with Crippen LogP contribution in [0.25, 0.3) is 22.3 Å². The number of nitrogens with zero attached hydrogens (tertiary/aromatic N) is 16. The second-order valence-corrected chi connectivity index (χ2v) is 17.7. The van der Waals surface area contributed by atoms with E-state index in [1.54, 1.807) is 9.13 Å². The number of rotatable bonds is 20. The third-order valence-electron chi connectivity index (χ3n) is 13.1. The summed E-state index contributed by atoms with van der Waals surface area (Å²) in [4.78, 5) is 55.6. The van der Waals surface area contributed by atoms with Crippen LogP contribution in [0.4, 0.5) is 23.5 Å². The van der Waals surface area contributed by atoms with Gasteiger partial charge in [0.15, 0.2) is 45.6 Å². The molecule has 6 aromatic rings. The average molecular weight is 975 g/mol. The van der Waals surface area contributed by atoms with E-state index in [9.17, 15) is 40.2 Å². The summed E-state index contributed by atoms with van der Waals surface area (Å²) in [5, 5.41) is 106. The Hall–Kier alpha value is -6.86. The van der Waals surface area contributed by atoms with Crippen molar-refractivity contribution in [3.63, 3.8) is 0 Å². The number of tetrazole rings is 2. The fourth-order valence-corrected chi connectivity index (χ4v) is 9.40. The summed E-state index contributed by atoms with van der Waals surface area (Å²) in [5.41, 5.74) is 1.66. The number of aromatic nitrogens is 16. The van der Waals surface area contributed by atoms with Gasteiger partial charge in [0.2, 0.25) is 23.7 Å². The van der Waals surface area contributed by atoms with Crippen LogP contribution in [0, 0.1) is 0 Å². The predicted octanol–water partition coefficient (Wildman–Crippen LogP) is -3.59. The van der Waals surface area contributed by atoms with Gasteiger partial charge < -0.3 is 71.7 Å². The molecule has 0 spiro atoms. The second-order valence-electron chi connectivity index (χ2n) is 17.7. The van der Waals surface area contributed by atoms with Crippen molar-refractivity contribution in [3.05, 3.63) is 24.3 Å². The molecule has 0 bridgehead atoms. The molecule has 3 aliphatic rings. The van der Waals surface area contributed by atoms with Crippen molar-refractivity contribution in [3.8, 4) is 0 Å². The number of aryl methyl sites for hydroxylation is 2. The third-order valence-corrected chi connectivity index (χ3v) is 13.1. The number of imidazole rings is 2. The quantitative estimate of drug-likeness (QED) is 0.0352. The van der Waals surface area contributed by atoms with Crippen molar-refractivity contribution < 1.29 is 40.2 Å². The number of anilines is 4. The zero-order chi connectivity index (χ0) is 49.1. The van der Waals surface area contributed by atoms with Gasteiger partial charge in [0, 0.05) is 38.0 Å². The fraction of sp³-hybridized carbons (Fsp3) is 0.650. The Morgan fingerprint density at radius 2 is 1.03 bits per heavy atom. The van der Waals surface area contributed by atoms with Crippen LogP contribution >= 0.6 is 0 Å².